The third-order valence-electron chi connectivity index (χ3n) is 2.19. The molecule has 4 heteroatoms. The van der Waals surface area contributed by atoms with E-state index in [0.29, 0.717) is 0 Å². The Bertz CT molecular complexity index is 503. The van der Waals surface area contributed by atoms with Crippen LogP contribution in [0.15, 0.2) is 36.7 Å². The van der Waals surface area contributed by atoms with Crippen LogP contribution in [0.4, 0.5) is 0 Å². The van der Waals surface area contributed by atoms with Crippen molar-refractivity contribution in [1.29, 1.82) is 0 Å². The molecule has 0 atom stereocenters. The Hall–Kier alpha value is -2.10. The summed E-state index contributed by atoms with van der Waals surface area (Å²) in [4.78, 5) is 14.9. The van der Waals surface area contributed by atoms with Gasteiger partial charge in [0.15, 0.2) is 0 Å². The van der Waals surface area contributed by atoms with Gasteiger partial charge < -0.3 is 9.67 Å². The molecule has 0 saturated carbocycles. The molecular formula is C11H10N2O2. The van der Waals surface area contributed by atoms with Crippen molar-refractivity contribution in [3.63, 3.8) is 0 Å². The fourth-order valence-electron chi connectivity index (χ4n) is 1.44. The molecule has 15 heavy (non-hydrogen) atoms. The molecule has 1 heterocycles. The maximum Gasteiger partial charge on any atom is 0.335 e. The summed E-state index contributed by atoms with van der Waals surface area (Å²) in [5.74, 6) is -0.163. The minimum Gasteiger partial charge on any atom is -0.478 e. The van der Waals surface area contributed by atoms with Crippen LogP contribution in [-0.4, -0.2) is 20.6 Å². The predicted molar refractivity (Wildman–Crippen MR) is 55.6 cm³/mol. The van der Waals surface area contributed by atoms with Gasteiger partial charge in [0.25, 0.3) is 0 Å². The van der Waals surface area contributed by atoms with E-state index < -0.39 is 5.97 Å². The van der Waals surface area contributed by atoms with Crippen LogP contribution in [0.3, 0.4) is 0 Å². The SMILES string of the molecule is Cn1ccnc1-c1cccc(C(=O)O)c1. The number of aromatic nitrogens is 2. The fourth-order valence-corrected chi connectivity index (χ4v) is 1.44. The van der Waals surface area contributed by atoms with Crippen LogP contribution >= 0.6 is 0 Å². The second-order valence-corrected chi connectivity index (χ2v) is 3.25. The first-order chi connectivity index (χ1) is 7.18. The van der Waals surface area contributed by atoms with Crippen LogP contribution < -0.4 is 0 Å². The van der Waals surface area contributed by atoms with Gasteiger partial charge in [0.2, 0.25) is 0 Å². The number of nitrogens with zero attached hydrogens (tertiary/aromatic N) is 2. The van der Waals surface area contributed by atoms with Crippen LogP contribution in [0.25, 0.3) is 11.4 Å². The summed E-state index contributed by atoms with van der Waals surface area (Å²) in [6.07, 6.45) is 3.51. The second-order valence-electron chi connectivity index (χ2n) is 3.25. The minimum absolute atomic E-state index is 0.274. The molecule has 4 nitrogen and oxygen atoms in total. The number of rotatable bonds is 2. The average Bonchev–Trinajstić information content (AvgIpc) is 2.64. The van der Waals surface area contributed by atoms with Crippen LogP contribution in [0.5, 0.6) is 0 Å². The van der Waals surface area contributed by atoms with Gasteiger partial charge in [-0.05, 0) is 12.1 Å². The van der Waals surface area contributed by atoms with Gasteiger partial charge in [0, 0.05) is 25.0 Å². The van der Waals surface area contributed by atoms with E-state index in [-0.39, 0.29) is 5.56 Å². The average molecular weight is 202 g/mol. The van der Waals surface area contributed by atoms with Crippen molar-refractivity contribution in [1.82, 2.24) is 9.55 Å². The molecule has 0 bridgehead atoms. The fraction of sp³-hybridized carbons (Fsp3) is 0.0909. The number of aryl methyl sites for hydroxylation is 1. The van der Waals surface area contributed by atoms with Gasteiger partial charge in [0.1, 0.15) is 5.82 Å². The third kappa shape index (κ3) is 1.74. The molecule has 1 aromatic heterocycles. The van der Waals surface area contributed by atoms with Gasteiger partial charge >= 0.3 is 5.97 Å². The highest BCUT2D eigenvalue weighted by molar-refractivity contribution is 5.89. The van der Waals surface area contributed by atoms with Crippen LogP contribution in [0.2, 0.25) is 0 Å². The first kappa shape index (κ1) is 9.45. The van der Waals surface area contributed by atoms with Gasteiger partial charge in [-0.15, -0.1) is 0 Å². The van der Waals surface area contributed by atoms with Crippen molar-refractivity contribution in [2.75, 3.05) is 0 Å². The van der Waals surface area contributed by atoms with Crippen LogP contribution in [-0.2, 0) is 7.05 Å². The number of carbonyl (C=O) groups is 1. The Morgan fingerprint density at radius 3 is 2.87 bits per heavy atom. The number of carboxylic acid groups (broad SMARTS) is 1. The van der Waals surface area contributed by atoms with Gasteiger partial charge in [-0.25, -0.2) is 9.78 Å². The molecule has 0 unspecified atom stereocenters. The molecule has 0 aliphatic carbocycles. The Labute approximate surface area is 86.8 Å². The zero-order chi connectivity index (χ0) is 10.8. The van der Waals surface area contributed by atoms with Gasteiger partial charge in [-0.2, -0.15) is 0 Å². The number of hydrogen-bond acceptors (Lipinski definition) is 2. The Balaban J connectivity index is 2.50. The molecule has 0 aliphatic rings. The summed E-state index contributed by atoms with van der Waals surface area (Å²) in [6.45, 7) is 0. The van der Waals surface area contributed by atoms with E-state index in [0.717, 1.165) is 11.4 Å². The zero-order valence-corrected chi connectivity index (χ0v) is 8.21. The number of carboxylic acids is 1. The van der Waals surface area contributed by atoms with Gasteiger partial charge in [-0.1, -0.05) is 12.1 Å². The van der Waals surface area contributed by atoms with E-state index in [1.807, 2.05) is 23.9 Å². The molecular weight excluding hydrogens is 192 g/mol. The summed E-state index contributed by atoms with van der Waals surface area (Å²) in [7, 11) is 1.87. The van der Waals surface area contributed by atoms with Crippen molar-refractivity contribution in [2.24, 2.45) is 7.05 Å². The van der Waals surface area contributed by atoms with Gasteiger partial charge in [0.05, 0.1) is 5.56 Å². The molecule has 1 N–H and O–H groups in total. The van der Waals surface area contributed by atoms with E-state index in [2.05, 4.69) is 4.98 Å². The van der Waals surface area contributed by atoms with E-state index in [1.54, 1.807) is 24.4 Å². The topological polar surface area (TPSA) is 55.1 Å². The molecule has 0 saturated heterocycles. The van der Waals surface area contributed by atoms with Gasteiger partial charge in [-0.3, -0.25) is 0 Å². The van der Waals surface area contributed by atoms with Crippen molar-refractivity contribution in [3.05, 3.63) is 42.2 Å². The normalized spacial score (nSPS) is 10.2. The lowest BCUT2D eigenvalue weighted by atomic mass is 10.1. The monoisotopic (exact) mass is 202 g/mol. The van der Waals surface area contributed by atoms with E-state index in [4.69, 9.17) is 5.11 Å². The Morgan fingerprint density at radius 2 is 2.27 bits per heavy atom. The molecule has 2 aromatic rings. The molecule has 0 aliphatic heterocycles. The summed E-state index contributed by atoms with van der Waals surface area (Å²) in [5.41, 5.74) is 1.08. The first-order valence-corrected chi connectivity index (χ1v) is 4.49. The number of imidazole rings is 1. The lowest BCUT2D eigenvalue weighted by Crippen LogP contribution is -1.97. The molecule has 1 aromatic carbocycles. The quantitative estimate of drug-likeness (QED) is 0.807. The molecule has 2 rings (SSSR count). The highest BCUT2D eigenvalue weighted by atomic mass is 16.4. The molecule has 0 spiro atoms. The highest BCUT2D eigenvalue weighted by Gasteiger charge is 2.07. The van der Waals surface area contributed by atoms with Crippen molar-refractivity contribution < 1.29 is 9.90 Å². The first-order valence-electron chi connectivity index (χ1n) is 4.49. The lowest BCUT2D eigenvalue weighted by molar-refractivity contribution is 0.0697. The summed E-state index contributed by atoms with van der Waals surface area (Å²) >= 11 is 0. The third-order valence-corrected chi connectivity index (χ3v) is 2.19. The zero-order valence-electron chi connectivity index (χ0n) is 8.21. The van der Waals surface area contributed by atoms with E-state index >= 15 is 0 Å². The molecule has 0 amide bonds. The minimum atomic E-state index is -0.925. The highest BCUT2D eigenvalue weighted by Crippen LogP contribution is 2.17. The molecule has 0 radical (unpaired) electrons. The maximum atomic E-state index is 10.8. The predicted octanol–water partition coefficient (Wildman–Crippen LogP) is 1.79. The molecule has 0 fully saturated rings. The lowest BCUT2D eigenvalue weighted by Gasteiger charge is -2.02. The summed E-state index contributed by atoms with van der Waals surface area (Å²) in [6, 6.07) is 6.74. The maximum absolute atomic E-state index is 10.8. The number of hydrogen-bond donors (Lipinski definition) is 1. The van der Waals surface area contributed by atoms with Crippen molar-refractivity contribution in [2.45, 2.75) is 0 Å². The van der Waals surface area contributed by atoms with Crippen molar-refractivity contribution in [3.8, 4) is 11.4 Å². The van der Waals surface area contributed by atoms with Crippen LogP contribution in [0.1, 0.15) is 10.4 Å². The largest absolute Gasteiger partial charge is 0.478 e. The number of benzene rings is 1. The molecule has 76 valence electrons. The Kier molecular flexibility index (Phi) is 2.25. The smallest absolute Gasteiger partial charge is 0.335 e. The van der Waals surface area contributed by atoms with Crippen molar-refractivity contribution >= 4 is 5.97 Å². The van der Waals surface area contributed by atoms with Crippen LogP contribution in [0, 0.1) is 0 Å². The Morgan fingerprint density at radius 1 is 1.47 bits per heavy atom. The number of aromatic carboxylic acids is 1. The van der Waals surface area contributed by atoms with E-state index in [1.165, 1.54) is 0 Å². The van der Waals surface area contributed by atoms with E-state index in [9.17, 15) is 4.79 Å². The standard InChI is InChI=1S/C11H10N2O2/c1-13-6-5-12-10(13)8-3-2-4-9(7-8)11(14)15/h2-7H,1H3,(H,14,15). The summed E-state index contributed by atoms with van der Waals surface area (Å²) < 4.78 is 1.85. The second kappa shape index (κ2) is 3.57. The summed E-state index contributed by atoms with van der Waals surface area (Å²) in [5, 5.41) is 8.85.